The van der Waals surface area contributed by atoms with Gasteiger partial charge in [0.15, 0.2) is 5.13 Å². The largest absolute Gasteiger partial charge is 0.344 e. The highest BCUT2D eigenvalue weighted by Crippen LogP contribution is 2.29. The molecule has 0 aliphatic carbocycles. The summed E-state index contributed by atoms with van der Waals surface area (Å²) in [6.45, 7) is 8.04. The number of aromatic nitrogens is 1. The maximum atomic E-state index is 13.3. The van der Waals surface area contributed by atoms with Crippen molar-refractivity contribution in [1.82, 2.24) is 10.3 Å². The van der Waals surface area contributed by atoms with Gasteiger partial charge in [0.1, 0.15) is 17.7 Å². The van der Waals surface area contributed by atoms with E-state index >= 15 is 0 Å². The van der Waals surface area contributed by atoms with Crippen LogP contribution in [0.15, 0.2) is 36.0 Å². The van der Waals surface area contributed by atoms with E-state index in [1.165, 1.54) is 16.9 Å². The predicted octanol–water partition coefficient (Wildman–Crippen LogP) is 5.35. The highest BCUT2D eigenvalue weighted by Gasteiger charge is 2.21. The third-order valence-corrected chi connectivity index (χ3v) is 5.88. The standard InChI is InChI=1S/C23H29F2N3O2S/c1-5-19(27-21(29)11-16-9-17(24)12-18(25)10-16)22(30)28-23-26-13-20(31-23)15(4)8-6-7-14(2)3/h7,9-10,12-13,15,19H,5-6,8,11H2,1-4H3,(H,27,29)(H,26,28,30). The minimum Gasteiger partial charge on any atom is -0.344 e. The van der Waals surface area contributed by atoms with E-state index in [0.29, 0.717) is 17.5 Å². The molecule has 0 aliphatic rings. The predicted molar refractivity (Wildman–Crippen MR) is 120 cm³/mol. The number of halogens is 2. The van der Waals surface area contributed by atoms with Crippen LogP contribution >= 0.6 is 11.3 Å². The Labute approximate surface area is 186 Å². The molecule has 0 spiro atoms. The van der Waals surface area contributed by atoms with E-state index in [-0.39, 0.29) is 17.9 Å². The number of carbonyl (C=O) groups is 2. The van der Waals surface area contributed by atoms with Gasteiger partial charge in [0.25, 0.3) is 0 Å². The Morgan fingerprint density at radius 1 is 1.19 bits per heavy atom. The number of allylic oxidation sites excluding steroid dienone is 2. The number of hydrogen-bond acceptors (Lipinski definition) is 4. The zero-order valence-electron chi connectivity index (χ0n) is 18.3. The van der Waals surface area contributed by atoms with Crippen molar-refractivity contribution in [1.29, 1.82) is 0 Å². The number of benzene rings is 1. The van der Waals surface area contributed by atoms with Gasteiger partial charge in [-0.1, -0.05) is 25.5 Å². The van der Waals surface area contributed by atoms with Crippen molar-refractivity contribution in [2.75, 3.05) is 5.32 Å². The maximum absolute atomic E-state index is 13.3. The minimum absolute atomic E-state index is 0.205. The lowest BCUT2D eigenvalue weighted by molar-refractivity contribution is -0.126. The van der Waals surface area contributed by atoms with Crippen molar-refractivity contribution in [3.8, 4) is 0 Å². The Hall–Kier alpha value is -2.61. The quantitative estimate of drug-likeness (QED) is 0.481. The molecule has 1 aromatic heterocycles. The summed E-state index contributed by atoms with van der Waals surface area (Å²) in [4.78, 5) is 30.2. The number of nitrogens with one attached hydrogen (secondary N) is 2. The van der Waals surface area contributed by atoms with Crippen molar-refractivity contribution in [2.45, 2.75) is 65.3 Å². The molecule has 2 unspecified atom stereocenters. The Kier molecular flexibility index (Phi) is 9.30. The summed E-state index contributed by atoms with van der Waals surface area (Å²) in [6.07, 6.45) is 6.10. The van der Waals surface area contributed by atoms with Gasteiger partial charge in [-0.3, -0.25) is 9.59 Å². The molecule has 1 heterocycles. The number of carbonyl (C=O) groups excluding carboxylic acids is 2. The van der Waals surface area contributed by atoms with Crippen molar-refractivity contribution >= 4 is 28.3 Å². The fraction of sp³-hybridized carbons (Fsp3) is 0.435. The fourth-order valence-electron chi connectivity index (χ4n) is 3.03. The molecular weight excluding hydrogens is 420 g/mol. The highest BCUT2D eigenvalue weighted by atomic mass is 32.1. The average Bonchev–Trinajstić information content (AvgIpc) is 3.13. The average molecular weight is 450 g/mol. The van der Waals surface area contributed by atoms with Crippen molar-refractivity contribution in [2.24, 2.45) is 0 Å². The molecule has 2 N–H and O–H groups in total. The minimum atomic E-state index is -0.770. The zero-order chi connectivity index (χ0) is 23.0. The van der Waals surface area contributed by atoms with Crippen LogP contribution in [0.2, 0.25) is 0 Å². The Balaban J connectivity index is 1.91. The van der Waals surface area contributed by atoms with Crippen molar-refractivity contribution < 1.29 is 18.4 Å². The molecule has 0 radical (unpaired) electrons. The van der Waals surface area contributed by atoms with Crippen LogP contribution in [0.25, 0.3) is 0 Å². The van der Waals surface area contributed by atoms with Crippen LogP contribution in [0, 0.1) is 11.6 Å². The van der Waals surface area contributed by atoms with Gasteiger partial charge in [-0.2, -0.15) is 0 Å². The lowest BCUT2D eigenvalue weighted by Gasteiger charge is -2.16. The third kappa shape index (κ3) is 8.20. The number of nitrogens with zero attached hydrogens (tertiary/aromatic N) is 1. The van der Waals surface area contributed by atoms with Crippen LogP contribution in [0.4, 0.5) is 13.9 Å². The van der Waals surface area contributed by atoms with Gasteiger partial charge in [-0.25, -0.2) is 13.8 Å². The van der Waals surface area contributed by atoms with E-state index in [2.05, 4.69) is 42.5 Å². The summed E-state index contributed by atoms with van der Waals surface area (Å²) in [5.74, 6) is -2.03. The van der Waals surface area contributed by atoms with Gasteiger partial charge >= 0.3 is 0 Å². The third-order valence-electron chi connectivity index (χ3n) is 4.74. The smallest absolute Gasteiger partial charge is 0.248 e. The Morgan fingerprint density at radius 3 is 2.48 bits per heavy atom. The van der Waals surface area contributed by atoms with Crippen molar-refractivity contribution in [3.63, 3.8) is 0 Å². The van der Waals surface area contributed by atoms with Crippen molar-refractivity contribution in [3.05, 3.63) is 58.1 Å². The van der Waals surface area contributed by atoms with E-state index in [1.807, 2.05) is 0 Å². The van der Waals surface area contributed by atoms with Gasteiger partial charge in [-0.15, -0.1) is 11.3 Å². The van der Waals surface area contributed by atoms with Crippen LogP contribution in [0.3, 0.4) is 0 Å². The molecular formula is C23H29F2N3O2S. The summed E-state index contributed by atoms with van der Waals surface area (Å²) in [7, 11) is 0. The first kappa shape index (κ1) is 24.7. The van der Waals surface area contributed by atoms with Crippen LogP contribution < -0.4 is 10.6 Å². The van der Waals surface area contributed by atoms with E-state index in [4.69, 9.17) is 0 Å². The first-order chi connectivity index (χ1) is 14.7. The molecule has 0 aliphatic heterocycles. The number of rotatable bonds is 10. The van der Waals surface area contributed by atoms with E-state index in [9.17, 15) is 18.4 Å². The van der Waals surface area contributed by atoms with Gasteiger partial charge in [0, 0.05) is 17.1 Å². The molecule has 1 aromatic carbocycles. The number of hydrogen-bond donors (Lipinski definition) is 2. The summed E-state index contributed by atoms with van der Waals surface area (Å²) in [6, 6.07) is 2.17. The van der Waals surface area contributed by atoms with E-state index in [1.54, 1.807) is 13.1 Å². The van der Waals surface area contributed by atoms with Gasteiger partial charge in [0.05, 0.1) is 6.42 Å². The molecule has 0 saturated heterocycles. The second-order valence-electron chi connectivity index (χ2n) is 7.80. The first-order valence-electron chi connectivity index (χ1n) is 10.3. The fourth-order valence-corrected chi connectivity index (χ4v) is 3.93. The number of thiazole rings is 1. The monoisotopic (exact) mass is 449 g/mol. The second kappa shape index (κ2) is 11.7. The van der Waals surface area contributed by atoms with Gasteiger partial charge < -0.3 is 10.6 Å². The zero-order valence-corrected chi connectivity index (χ0v) is 19.1. The summed E-state index contributed by atoms with van der Waals surface area (Å²) in [5, 5.41) is 5.85. The highest BCUT2D eigenvalue weighted by molar-refractivity contribution is 7.15. The van der Waals surface area contributed by atoms with E-state index in [0.717, 1.165) is 35.9 Å². The van der Waals surface area contributed by atoms with Crippen LogP contribution in [-0.2, 0) is 16.0 Å². The van der Waals surface area contributed by atoms with Gasteiger partial charge in [-0.05, 0) is 56.7 Å². The molecule has 2 rings (SSSR count). The molecule has 31 heavy (non-hydrogen) atoms. The summed E-state index contributed by atoms with van der Waals surface area (Å²) < 4.78 is 26.6. The summed E-state index contributed by atoms with van der Waals surface area (Å²) >= 11 is 1.42. The second-order valence-corrected chi connectivity index (χ2v) is 8.86. The molecule has 8 heteroatoms. The normalized spacial score (nSPS) is 12.7. The Bertz CT molecular complexity index is 918. The topological polar surface area (TPSA) is 71.1 Å². The molecule has 0 bridgehead atoms. The van der Waals surface area contributed by atoms with E-state index < -0.39 is 23.6 Å². The van der Waals surface area contributed by atoms with Crippen LogP contribution in [0.1, 0.15) is 63.3 Å². The lowest BCUT2D eigenvalue weighted by Crippen LogP contribution is -2.44. The SMILES string of the molecule is CCC(NC(=O)Cc1cc(F)cc(F)c1)C(=O)Nc1ncc(C(C)CCC=C(C)C)s1. The maximum Gasteiger partial charge on any atom is 0.248 e. The summed E-state index contributed by atoms with van der Waals surface area (Å²) in [5.41, 5.74) is 1.50. The van der Waals surface area contributed by atoms with Crippen LogP contribution in [-0.4, -0.2) is 22.8 Å². The van der Waals surface area contributed by atoms with Gasteiger partial charge in [0.2, 0.25) is 11.8 Å². The number of amides is 2. The molecule has 2 aromatic rings. The van der Waals surface area contributed by atoms with Crippen LogP contribution in [0.5, 0.6) is 0 Å². The molecule has 2 amide bonds. The Morgan fingerprint density at radius 2 is 1.87 bits per heavy atom. The molecule has 5 nitrogen and oxygen atoms in total. The molecule has 0 saturated carbocycles. The number of anilines is 1. The molecule has 2 atom stereocenters. The first-order valence-corrected chi connectivity index (χ1v) is 11.1. The molecule has 0 fully saturated rings. The lowest BCUT2D eigenvalue weighted by atomic mass is 10.0. The molecule has 168 valence electrons.